The summed E-state index contributed by atoms with van der Waals surface area (Å²) in [6.07, 6.45) is 1.76. The van der Waals surface area contributed by atoms with Crippen molar-refractivity contribution < 1.29 is 9.90 Å². The molecule has 0 fully saturated rings. The van der Waals surface area contributed by atoms with Gasteiger partial charge in [-0.3, -0.25) is 9.78 Å². The summed E-state index contributed by atoms with van der Waals surface area (Å²) in [4.78, 5) is 20.7. The van der Waals surface area contributed by atoms with Gasteiger partial charge in [0.15, 0.2) is 0 Å². The highest BCUT2D eigenvalue weighted by Gasteiger charge is 2.06. The molecule has 0 unspecified atom stereocenters. The van der Waals surface area contributed by atoms with Gasteiger partial charge in [0.25, 0.3) is 0 Å². The van der Waals surface area contributed by atoms with Crippen molar-refractivity contribution in [1.82, 2.24) is 9.97 Å². The van der Waals surface area contributed by atoms with Crippen molar-refractivity contribution in [1.29, 1.82) is 0 Å². The molecule has 0 amide bonds. The molecular formula is C10H15N3O2. The van der Waals surface area contributed by atoms with Crippen LogP contribution in [0.3, 0.4) is 0 Å². The molecular weight excluding hydrogens is 194 g/mol. The van der Waals surface area contributed by atoms with E-state index in [1.165, 1.54) is 0 Å². The Kier molecular flexibility index (Phi) is 3.60. The molecule has 0 atom stereocenters. The van der Waals surface area contributed by atoms with Crippen molar-refractivity contribution in [2.45, 2.75) is 20.3 Å². The average Bonchev–Trinajstić information content (AvgIpc) is 2.18. The van der Waals surface area contributed by atoms with Crippen LogP contribution in [0.15, 0.2) is 6.20 Å². The van der Waals surface area contributed by atoms with Gasteiger partial charge >= 0.3 is 5.97 Å². The Bertz CT molecular complexity index is 366. The Morgan fingerprint density at radius 2 is 2.13 bits per heavy atom. The number of rotatable bonds is 4. The molecule has 15 heavy (non-hydrogen) atoms. The first-order chi connectivity index (χ1) is 7.00. The SMILES string of the molecule is Cc1ncc(N(C)CCC(=O)O)nc1C. The molecule has 0 aliphatic heterocycles. The van der Waals surface area contributed by atoms with Crippen molar-refractivity contribution in [2.75, 3.05) is 18.5 Å². The van der Waals surface area contributed by atoms with E-state index in [2.05, 4.69) is 9.97 Å². The molecule has 5 nitrogen and oxygen atoms in total. The van der Waals surface area contributed by atoms with Crippen LogP contribution in [0.4, 0.5) is 5.82 Å². The highest BCUT2D eigenvalue weighted by Crippen LogP contribution is 2.10. The van der Waals surface area contributed by atoms with Gasteiger partial charge in [0.1, 0.15) is 5.82 Å². The smallest absolute Gasteiger partial charge is 0.305 e. The Balaban J connectivity index is 2.69. The van der Waals surface area contributed by atoms with Gasteiger partial charge < -0.3 is 10.0 Å². The molecule has 0 saturated heterocycles. The molecule has 1 aromatic heterocycles. The van der Waals surface area contributed by atoms with Crippen molar-refractivity contribution in [2.24, 2.45) is 0 Å². The zero-order chi connectivity index (χ0) is 11.4. The Morgan fingerprint density at radius 1 is 1.47 bits per heavy atom. The van der Waals surface area contributed by atoms with Crippen LogP contribution in [0, 0.1) is 13.8 Å². The topological polar surface area (TPSA) is 66.3 Å². The summed E-state index contributed by atoms with van der Waals surface area (Å²) in [5.41, 5.74) is 1.76. The molecule has 0 spiro atoms. The van der Waals surface area contributed by atoms with Crippen molar-refractivity contribution in [3.05, 3.63) is 17.6 Å². The lowest BCUT2D eigenvalue weighted by molar-refractivity contribution is -0.136. The minimum atomic E-state index is -0.807. The minimum absolute atomic E-state index is 0.102. The van der Waals surface area contributed by atoms with Crippen LogP contribution in [0.1, 0.15) is 17.8 Å². The second-order valence-corrected chi connectivity index (χ2v) is 3.46. The Hall–Kier alpha value is -1.65. The summed E-state index contributed by atoms with van der Waals surface area (Å²) in [7, 11) is 1.81. The third kappa shape index (κ3) is 3.19. The van der Waals surface area contributed by atoms with E-state index in [0.717, 1.165) is 11.4 Å². The second kappa shape index (κ2) is 4.72. The lowest BCUT2D eigenvalue weighted by Crippen LogP contribution is -2.22. The molecule has 1 aromatic rings. The predicted molar refractivity (Wildman–Crippen MR) is 57.0 cm³/mol. The maximum absolute atomic E-state index is 10.4. The van der Waals surface area contributed by atoms with E-state index in [-0.39, 0.29) is 6.42 Å². The highest BCUT2D eigenvalue weighted by atomic mass is 16.4. The number of nitrogens with zero attached hydrogens (tertiary/aromatic N) is 3. The number of aryl methyl sites for hydroxylation is 2. The highest BCUT2D eigenvalue weighted by molar-refractivity contribution is 5.67. The molecule has 0 aliphatic carbocycles. The summed E-state index contributed by atoms with van der Waals surface area (Å²) in [6, 6.07) is 0. The molecule has 1 rings (SSSR count). The van der Waals surface area contributed by atoms with E-state index in [4.69, 9.17) is 5.11 Å². The van der Waals surface area contributed by atoms with E-state index in [1.54, 1.807) is 11.1 Å². The lowest BCUT2D eigenvalue weighted by Gasteiger charge is -2.17. The summed E-state index contributed by atoms with van der Waals surface area (Å²) >= 11 is 0. The molecule has 0 radical (unpaired) electrons. The molecule has 5 heteroatoms. The molecule has 0 aliphatic rings. The zero-order valence-corrected chi connectivity index (χ0v) is 9.19. The number of carboxylic acid groups (broad SMARTS) is 1. The summed E-state index contributed by atoms with van der Waals surface area (Å²) in [5, 5.41) is 8.55. The molecule has 0 aromatic carbocycles. The number of aliphatic carboxylic acids is 1. The van der Waals surface area contributed by atoms with Crippen LogP contribution in [0.5, 0.6) is 0 Å². The molecule has 82 valence electrons. The van der Waals surface area contributed by atoms with Gasteiger partial charge in [0, 0.05) is 13.6 Å². The third-order valence-corrected chi connectivity index (χ3v) is 2.23. The molecule has 0 bridgehead atoms. The largest absolute Gasteiger partial charge is 0.481 e. The summed E-state index contributed by atoms with van der Waals surface area (Å²) in [5.74, 6) is -0.0991. The van der Waals surface area contributed by atoms with Crippen LogP contribution >= 0.6 is 0 Å². The normalized spacial score (nSPS) is 10.1. The fourth-order valence-electron chi connectivity index (χ4n) is 1.09. The van der Waals surface area contributed by atoms with E-state index < -0.39 is 5.97 Å². The zero-order valence-electron chi connectivity index (χ0n) is 9.19. The van der Waals surface area contributed by atoms with Crippen LogP contribution in [0.25, 0.3) is 0 Å². The number of carboxylic acids is 1. The Morgan fingerprint density at radius 3 is 2.67 bits per heavy atom. The van der Waals surface area contributed by atoms with Crippen LogP contribution < -0.4 is 4.90 Å². The van der Waals surface area contributed by atoms with Gasteiger partial charge in [-0.25, -0.2) is 4.98 Å². The van der Waals surface area contributed by atoms with Crippen molar-refractivity contribution in [3.8, 4) is 0 Å². The van der Waals surface area contributed by atoms with Gasteiger partial charge in [0.2, 0.25) is 0 Å². The van der Waals surface area contributed by atoms with Crippen LogP contribution in [0.2, 0.25) is 0 Å². The standard InChI is InChI=1S/C10H15N3O2/c1-7-8(2)12-9(6-11-7)13(3)5-4-10(14)15/h6H,4-5H2,1-3H3,(H,14,15). The monoisotopic (exact) mass is 209 g/mol. The Labute approximate surface area is 88.8 Å². The van der Waals surface area contributed by atoms with Gasteiger partial charge in [-0.15, -0.1) is 0 Å². The average molecular weight is 209 g/mol. The maximum atomic E-state index is 10.4. The van der Waals surface area contributed by atoms with Crippen molar-refractivity contribution in [3.63, 3.8) is 0 Å². The molecule has 0 saturated carbocycles. The quantitative estimate of drug-likeness (QED) is 0.801. The molecule has 1 N–H and O–H groups in total. The van der Waals surface area contributed by atoms with Gasteiger partial charge in [-0.1, -0.05) is 0 Å². The van der Waals surface area contributed by atoms with E-state index in [1.807, 2.05) is 20.9 Å². The first kappa shape index (κ1) is 11.4. The van der Waals surface area contributed by atoms with Gasteiger partial charge in [0.05, 0.1) is 24.0 Å². The van der Waals surface area contributed by atoms with Gasteiger partial charge in [-0.2, -0.15) is 0 Å². The number of hydrogen-bond acceptors (Lipinski definition) is 4. The second-order valence-electron chi connectivity index (χ2n) is 3.46. The van der Waals surface area contributed by atoms with Crippen LogP contribution in [-0.2, 0) is 4.79 Å². The maximum Gasteiger partial charge on any atom is 0.305 e. The number of carbonyl (C=O) groups is 1. The first-order valence-electron chi connectivity index (χ1n) is 4.74. The number of anilines is 1. The van der Waals surface area contributed by atoms with E-state index in [0.29, 0.717) is 12.4 Å². The van der Waals surface area contributed by atoms with Gasteiger partial charge in [-0.05, 0) is 13.8 Å². The molecule has 1 heterocycles. The summed E-state index contributed by atoms with van der Waals surface area (Å²) in [6.45, 7) is 4.22. The number of hydrogen-bond donors (Lipinski definition) is 1. The fraction of sp³-hybridized carbons (Fsp3) is 0.500. The predicted octanol–water partition coefficient (Wildman–Crippen LogP) is 1.00. The first-order valence-corrected chi connectivity index (χ1v) is 4.74. The van der Waals surface area contributed by atoms with E-state index >= 15 is 0 Å². The van der Waals surface area contributed by atoms with E-state index in [9.17, 15) is 4.79 Å². The van der Waals surface area contributed by atoms with Crippen molar-refractivity contribution >= 4 is 11.8 Å². The summed E-state index contributed by atoms with van der Waals surface area (Å²) < 4.78 is 0. The minimum Gasteiger partial charge on any atom is -0.481 e. The number of aromatic nitrogens is 2. The lowest BCUT2D eigenvalue weighted by atomic mass is 10.3. The third-order valence-electron chi connectivity index (χ3n) is 2.23. The van der Waals surface area contributed by atoms with Crippen LogP contribution in [-0.4, -0.2) is 34.6 Å². The fourth-order valence-corrected chi connectivity index (χ4v) is 1.09.